The molecule has 0 radical (unpaired) electrons. The zero-order chi connectivity index (χ0) is 10.4. The summed E-state index contributed by atoms with van der Waals surface area (Å²) in [6, 6.07) is 0. The van der Waals surface area contributed by atoms with Crippen LogP contribution in [0.5, 0.6) is 0 Å². The van der Waals surface area contributed by atoms with Gasteiger partial charge >= 0.3 is 0 Å². The Morgan fingerprint density at radius 3 is 1.83 bits per heavy atom. The number of rotatable bonds is 2. The molecule has 0 N–H and O–H groups in total. The molecule has 0 saturated carbocycles. The molecule has 0 bridgehead atoms. The molecule has 1 heteroatoms. The van der Waals surface area contributed by atoms with Gasteiger partial charge in [0.25, 0.3) is 0 Å². The molecule has 12 heavy (non-hydrogen) atoms. The van der Waals surface area contributed by atoms with Crippen molar-refractivity contribution >= 4 is 6.21 Å². The standard InChI is InChI=1S/C7H11N.2C2H6/c1-4-6-8-7(3)5-2;2*1-2/h4-6H,1H2,2-3H3;2*1-2H3/b7-5-,8-6?;;. The lowest BCUT2D eigenvalue weighted by Crippen LogP contribution is -1.66. The molecule has 0 saturated heterocycles. The van der Waals surface area contributed by atoms with Crippen LogP contribution in [0.2, 0.25) is 0 Å². The van der Waals surface area contributed by atoms with Crippen LogP contribution >= 0.6 is 0 Å². The van der Waals surface area contributed by atoms with E-state index in [9.17, 15) is 0 Å². The predicted octanol–water partition coefficient (Wildman–Crippen LogP) is 4.22. The molecule has 0 rings (SSSR count). The minimum Gasteiger partial charge on any atom is -0.262 e. The Morgan fingerprint density at radius 2 is 1.58 bits per heavy atom. The first-order chi connectivity index (χ1) is 5.81. The molecule has 0 spiro atoms. The zero-order valence-electron chi connectivity index (χ0n) is 9.39. The molecule has 0 aromatic carbocycles. The van der Waals surface area contributed by atoms with E-state index in [1.165, 1.54) is 0 Å². The molecule has 0 fully saturated rings. The number of nitrogens with zero attached hydrogens (tertiary/aromatic N) is 1. The second kappa shape index (κ2) is 22.5. The van der Waals surface area contributed by atoms with Crippen molar-refractivity contribution in [2.45, 2.75) is 41.5 Å². The number of allylic oxidation sites excluding steroid dienone is 3. The summed E-state index contributed by atoms with van der Waals surface area (Å²) >= 11 is 0. The minimum atomic E-state index is 1.02. The van der Waals surface area contributed by atoms with Crippen molar-refractivity contribution in [2.24, 2.45) is 4.99 Å². The third-order valence-corrected chi connectivity index (χ3v) is 0.801. The number of hydrogen-bond acceptors (Lipinski definition) is 1. The van der Waals surface area contributed by atoms with Crippen LogP contribution < -0.4 is 0 Å². The van der Waals surface area contributed by atoms with Crippen LogP contribution in [0.3, 0.4) is 0 Å². The molecule has 72 valence electrons. The Labute approximate surface area is 77.9 Å². The molecular formula is C11H23N. The van der Waals surface area contributed by atoms with Crippen LogP contribution in [0.4, 0.5) is 0 Å². The van der Waals surface area contributed by atoms with E-state index >= 15 is 0 Å². The Morgan fingerprint density at radius 1 is 1.17 bits per heavy atom. The van der Waals surface area contributed by atoms with E-state index in [-0.39, 0.29) is 0 Å². The van der Waals surface area contributed by atoms with Crippen molar-refractivity contribution in [3.8, 4) is 0 Å². The van der Waals surface area contributed by atoms with Crippen molar-refractivity contribution in [1.29, 1.82) is 0 Å². The molecule has 0 heterocycles. The predicted molar refractivity (Wildman–Crippen MR) is 60.8 cm³/mol. The molecular weight excluding hydrogens is 146 g/mol. The third-order valence-electron chi connectivity index (χ3n) is 0.801. The minimum absolute atomic E-state index is 1.02. The normalized spacial score (nSPS) is 9.33. The topological polar surface area (TPSA) is 12.4 Å². The third kappa shape index (κ3) is 22.9. The van der Waals surface area contributed by atoms with E-state index < -0.39 is 0 Å². The summed E-state index contributed by atoms with van der Waals surface area (Å²) < 4.78 is 0. The van der Waals surface area contributed by atoms with Crippen molar-refractivity contribution in [3.05, 3.63) is 24.4 Å². The smallest absolute Gasteiger partial charge is 0.0330 e. The van der Waals surface area contributed by atoms with Crippen LogP contribution in [0, 0.1) is 0 Å². The molecule has 0 unspecified atom stereocenters. The van der Waals surface area contributed by atoms with Gasteiger partial charge in [-0.25, -0.2) is 0 Å². The number of hydrogen-bond donors (Lipinski definition) is 0. The van der Waals surface area contributed by atoms with Gasteiger partial charge in [0.05, 0.1) is 0 Å². The highest BCUT2D eigenvalue weighted by molar-refractivity contribution is 5.71. The SMILES string of the molecule is C=CC=N/C(C)=C\C.CC.CC. The Hall–Kier alpha value is -0.850. The first-order valence-corrected chi connectivity index (χ1v) is 4.59. The fourth-order valence-corrected chi connectivity index (χ4v) is 0.245. The Balaban J connectivity index is -0.000000175. The van der Waals surface area contributed by atoms with Gasteiger partial charge in [0.15, 0.2) is 0 Å². The Kier molecular flexibility index (Phi) is 32.4. The summed E-state index contributed by atoms with van der Waals surface area (Å²) in [5.41, 5.74) is 1.02. The highest BCUT2D eigenvalue weighted by Gasteiger charge is 1.71. The van der Waals surface area contributed by atoms with Gasteiger partial charge in [-0.1, -0.05) is 46.4 Å². The van der Waals surface area contributed by atoms with Gasteiger partial charge in [-0.05, 0) is 13.8 Å². The summed E-state index contributed by atoms with van der Waals surface area (Å²) in [7, 11) is 0. The lowest BCUT2D eigenvalue weighted by atomic mass is 10.5. The summed E-state index contributed by atoms with van der Waals surface area (Å²) in [4.78, 5) is 3.98. The molecule has 0 atom stereocenters. The van der Waals surface area contributed by atoms with Crippen molar-refractivity contribution in [2.75, 3.05) is 0 Å². The van der Waals surface area contributed by atoms with Gasteiger partial charge < -0.3 is 0 Å². The Bertz CT molecular complexity index is 121. The maximum absolute atomic E-state index is 3.98. The van der Waals surface area contributed by atoms with Gasteiger partial charge in [-0.3, -0.25) is 4.99 Å². The van der Waals surface area contributed by atoms with E-state index in [1.807, 2.05) is 47.6 Å². The van der Waals surface area contributed by atoms with E-state index in [1.54, 1.807) is 12.3 Å². The van der Waals surface area contributed by atoms with Crippen molar-refractivity contribution < 1.29 is 0 Å². The van der Waals surface area contributed by atoms with Crippen molar-refractivity contribution in [3.63, 3.8) is 0 Å². The average molecular weight is 169 g/mol. The zero-order valence-corrected chi connectivity index (χ0v) is 9.39. The summed E-state index contributed by atoms with van der Waals surface area (Å²) in [5.74, 6) is 0. The van der Waals surface area contributed by atoms with E-state index in [0.717, 1.165) is 5.70 Å². The first kappa shape index (κ1) is 17.3. The summed E-state index contributed by atoms with van der Waals surface area (Å²) in [6.45, 7) is 15.4. The van der Waals surface area contributed by atoms with Gasteiger partial charge in [0, 0.05) is 11.9 Å². The highest BCUT2D eigenvalue weighted by atomic mass is 14.7. The van der Waals surface area contributed by atoms with Crippen LogP contribution in [0.15, 0.2) is 29.4 Å². The second-order valence-corrected chi connectivity index (χ2v) is 1.44. The van der Waals surface area contributed by atoms with Gasteiger partial charge in [-0.2, -0.15) is 0 Å². The summed E-state index contributed by atoms with van der Waals surface area (Å²) in [5, 5.41) is 0. The molecule has 0 aromatic rings. The molecule has 0 aliphatic heterocycles. The lowest BCUT2D eigenvalue weighted by Gasteiger charge is -1.82. The largest absolute Gasteiger partial charge is 0.262 e. The monoisotopic (exact) mass is 169 g/mol. The lowest BCUT2D eigenvalue weighted by molar-refractivity contribution is 1.30. The summed E-state index contributed by atoms with van der Waals surface area (Å²) in [6.07, 6.45) is 5.28. The maximum Gasteiger partial charge on any atom is 0.0330 e. The highest BCUT2D eigenvalue weighted by Crippen LogP contribution is 1.89. The fourth-order valence-electron chi connectivity index (χ4n) is 0.245. The van der Waals surface area contributed by atoms with Gasteiger partial charge in [0.1, 0.15) is 0 Å². The van der Waals surface area contributed by atoms with E-state index in [4.69, 9.17) is 0 Å². The average Bonchev–Trinajstić information content (AvgIpc) is 2.20. The number of aliphatic imine (C=N–C) groups is 1. The molecule has 0 aliphatic rings. The van der Waals surface area contributed by atoms with Crippen LogP contribution in [-0.4, -0.2) is 6.21 Å². The van der Waals surface area contributed by atoms with Crippen LogP contribution in [0.25, 0.3) is 0 Å². The van der Waals surface area contributed by atoms with Gasteiger partial charge in [0.2, 0.25) is 0 Å². The molecule has 0 amide bonds. The quantitative estimate of drug-likeness (QED) is 0.549. The van der Waals surface area contributed by atoms with E-state index in [2.05, 4.69) is 11.6 Å². The first-order valence-electron chi connectivity index (χ1n) is 4.59. The van der Waals surface area contributed by atoms with Crippen LogP contribution in [0.1, 0.15) is 41.5 Å². The molecule has 0 aromatic heterocycles. The maximum atomic E-state index is 3.98. The van der Waals surface area contributed by atoms with Gasteiger partial charge in [-0.15, -0.1) is 0 Å². The molecule has 1 nitrogen and oxygen atoms in total. The van der Waals surface area contributed by atoms with E-state index in [0.29, 0.717) is 0 Å². The van der Waals surface area contributed by atoms with Crippen molar-refractivity contribution in [1.82, 2.24) is 0 Å². The second-order valence-electron chi connectivity index (χ2n) is 1.44. The van der Waals surface area contributed by atoms with Crippen LogP contribution in [-0.2, 0) is 0 Å². The fraction of sp³-hybridized carbons (Fsp3) is 0.545. The molecule has 0 aliphatic carbocycles.